The van der Waals surface area contributed by atoms with E-state index < -0.39 is 0 Å². The fourth-order valence-electron chi connectivity index (χ4n) is 0.968. The van der Waals surface area contributed by atoms with Crippen molar-refractivity contribution in [3.05, 3.63) is 37.0 Å². The molecule has 1 atom stereocenters. The Morgan fingerprint density at radius 2 is 1.93 bits per heavy atom. The summed E-state index contributed by atoms with van der Waals surface area (Å²) >= 11 is 0. The van der Waals surface area contributed by atoms with E-state index >= 15 is 0 Å². The summed E-state index contributed by atoms with van der Waals surface area (Å²) in [4.78, 5) is 0. The normalized spacial score (nSPS) is 12.4. The van der Waals surface area contributed by atoms with Gasteiger partial charge in [-0.15, -0.1) is 0 Å². The van der Waals surface area contributed by atoms with Crippen LogP contribution in [-0.2, 0) is 9.47 Å². The highest BCUT2D eigenvalue weighted by Gasteiger charge is 2.09. The van der Waals surface area contributed by atoms with Crippen LogP contribution in [-0.4, -0.2) is 26.4 Å². The Morgan fingerprint density at radius 1 is 1.33 bits per heavy atom. The summed E-state index contributed by atoms with van der Waals surface area (Å²) in [5, 5.41) is 0. The highest BCUT2D eigenvalue weighted by molar-refractivity contribution is 5.25. The van der Waals surface area contributed by atoms with Gasteiger partial charge in [-0.05, 0) is 12.5 Å². The molecule has 88 valence electrons. The second kappa shape index (κ2) is 13.1. The van der Waals surface area contributed by atoms with Crippen molar-refractivity contribution in [3.8, 4) is 0 Å². The van der Waals surface area contributed by atoms with E-state index in [0.29, 0.717) is 13.2 Å². The predicted octanol–water partition coefficient (Wildman–Crippen LogP) is 3.36. The molecule has 0 saturated heterocycles. The third-order valence-electron chi connectivity index (χ3n) is 1.68. The average Bonchev–Trinajstić information content (AvgIpc) is 2.31. The zero-order valence-corrected chi connectivity index (χ0v) is 10.5. The van der Waals surface area contributed by atoms with E-state index in [1.807, 2.05) is 26.8 Å². The lowest BCUT2D eigenvalue weighted by Crippen LogP contribution is -2.19. The van der Waals surface area contributed by atoms with E-state index in [9.17, 15) is 0 Å². The molecule has 2 nitrogen and oxygen atoms in total. The Hall–Kier alpha value is -0.860. The summed E-state index contributed by atoms with van der Waals surface area (Å²) in [6.45, 7) is 14.5. The molecule has 0 rings (SSSR count). The maximum atomic E-state index is 5.27. The van der Waals surface area contributed by atoms with Gasteiger partial charge in [-0.1, -0.05) is 45.2 Å². The van der Waals surface area contributed by atoms with Crippen molar-refractivity contribution in [2.75, 3.05) is 20.3 Å². The summed E-state index contributed by atoms with van der Waals surface area (Å²) in [5.41, 5.74) is 0.992. The van der Waals surface area contributed by atoms with Crippen molar-refractivity contribution in [2.24, 2.45) is 0 Å². The first-order valence-electron chi connectivity index (χ1n) is 5.35. The molecule has 0 aliphatic carbocycles. The second-order valence-corrected chi connectivity index (χ2v) is 2.49. The van der Waals surface area contributed by atoms with Crippen molar-refractivity contribution in [1.29, 1.82) is 0 Å². The van der Waals surface area contributed by atoms with Crippen molar-refractivity contribution < 1.29 is 9.47 Å². The van der Waals surface area contributed by atoms with Crippen molar-refractivity contribution in [2.45, 2.75) is 26.9 Å². The zero-order chi connectivity index (χ0) is 12.1. The summed E-state index contributed by atoms with van der Waals surface area (Å²) in [6, 6.07) is 0. The molecule has 0 aliphatic heterocycles. The molecule has 0 amide bonds. The Bertz CT molecular complexity index is 183. The number of allylic oxidation sites excluding steroid dienone is 2. The SMILES string of the molecule is C=C/C=C(\C=C)C(COCC)OC.CC. The average molecular weight is 212 g/mol. The molecule has 0 fully saturated rings. The van der Waals surface area contributed by atoms with Gasteiger partial charge in [-0.2, -0.15) is 0 Å². The van der Waals surface area contributed by atoms with E-state index in [1.165, 1.54) is 0 Å². The lowest BCUT2D eigenvalue weighted by Gasteiger charge is -2.15. The predicted molar refractivity (Wildman–Crippen MR) is 67.1 cm³/mol. The van der Waals surface area contributed by atoms with Crippen LogP contribution in [0.3, 0.4) is 0 Å². The lowest BCUT2D eigenvalue weighted by atomic mass is 10.1. The highest BCUT2D eigenvalue weighted by Crippen LogP contribution is 2.08. The third-order valence-corrected chi connectivity index (χ3v) is 1.68. The molecule has 0 N–H and O–H groups in total. The minimum absolute atomic E-state index is 0.0459. The first-order valence-corrected chi connectivity index (χ1v) is 5.35. The Labute approximate surface area is 94.3 Å². The quantitative estimate of drug-likeness (QED) is 0.602. The summed E-state index contributed by atoms with van der Waals surface area (Å²) in [6.07, 6.45) is 5.31. The van der Waals surface area contributed by atoms with Crippen LogP contribution in [0.2, 0.25) is 0 Å². The second-order valence-electron chi connectivity index (χ2n) is 2.49. The molecule has 0 aromatic rings. The van der Waals surface area contributed by atoms with Crippen LogP contribution in [0.4, 0.5) is 0 Å². The molecule has 1 unspecified atom stereocenters. The maximum absolute atomic E-state index is 5.27. The molecule has 0 aliphatic rings. The van der Waals surface area contributed by atoms with Crippen LogP contribution in [0, 0.1) is 0 Å². The van der Waals surface area contributed by atoms with Gasteiger partial charge < -0.3 is 9.47 Å². The van der Waals surface area contributed by atoms with Gasteiger partial charge in [0.2, 0.25) is 0 Å². The zero-order valence-electron chi connectivity index (χ0n) is 10.5. The van der Waals surface area contributed by atoms with E-state index in [4.69, 9.17) is 9.47 Å². The standard InChI is InChI=1S/C11H18O2.C2H6/c1-5-8-10(6-2)11(12-4)9-13-7-3;1-2/h5-6,8,11H,1-2,7,9H2,3-4H3;1-2H3/b10-8+;. The number of hydrogen-bond donors (Lipinski definition) is 0. The van der Waals surface area contributed by atoms with E-state index in [-0.39, 0.29) is 6.10 Å². The minimum atomic E-state index is -0.0459. The van der Waals surface area contributed by atoms with Gasteiger partial charge in [0.15, 0.2) is 0 Å². The van der Waals surface area contributed by atoms with E-state index in [2.05, 4.69) is 13.2 Å². The van der Waals surface area contributed by atoms with Gasteiger partial charge in [0, 0.05) is 13.7 Å². The molecular weight excluding hydrogens is 188 g/mol. The Balaban J connectivity index is 0. The van der Waals surface area contributed by atoms with Crippen molar-refractivity contribution in [1.82, 2.24) is 0 Å². The van der Waals surface area contributed by atoms with Gasteiger partial charge in [0.25, 0.3) is 0 Å². The fourth-order valence-corrected chi connectivity index (χ4v) is 0.968. The van der Waals surface area contributed by atoms with Crippen molar-refractivity contribution >= 4 is 0 Å². The van der Waals surface area contributed by atoms with Gasteiger partial charge in [0.1, 0.15) is 6.10 Å². The molecule has 0 bridgehead atoms. The Kier molecular flexibility index (Phi) is 14.5. The van der Waals surface area contributed by atoms with Crippen LogP contribution in [0.1, 0.15) is 20.8 Å². The number of methoxy groups -OCH3 is 1. The minimum Gasteiger partial charge on any atom is -0.379 e. The fraction of sp³-hybridized carbons (Fsp3) is 0.538. The summed E-state index contributed by atoms with van der Waals surface area (Å²) in [7, 11) is 1.66. The third kappa shape index (κ3) is 8.16. The van der Waals surface area contributed by atoms with Crippen LogP contribution in [0.25, 0.3) is 0 Å². The molecule has 0 aromatic carbocycles. The van der Waals surface area contributed by atoms with Crippen LogP contribution in [0.15, 0.2) is 37.0 Å². The van der Waals surface area contributed by atoms with Gasteiger partial charge in [-0.25, -0.2) is 0 Å². The molecule has 0 saturated carbocycles. The topological polar surface area (TPSA) is 18.5 Å². The maximum Gasteiger partial charge on any atom is 0.105 e. The van der Waals surface area contributed by atoms with Crippen LogP contribution < -0.4 is 0 Å². The monoisotopic (exact) mass is 212 g/mol. The van der Waals surface area contributed by atoms with E-state index in [0.717, 1.165) is 5.57 Å². The largest absolute Gasteiger partial charge is 0.379 e. The first-order chi connectivity index (χ1) is 7.29. The number of ether oxygens (including phenoxy) is 2. The van der Waals surface area contributed by atoms with Crippen molar-refractivity contribution in [3.63, 3.8) is 0 Å². The summed E-state index contributed by atoms with van der Waals surface area (Å²) in [5.74, 6) is 0. The lowest BCUT2D eigenvalue weighted by molar-refractivity contribution is 0.0341. The molecule has 0 spiro atoms. The molecule has 0 heterocycles. The Morgan fingerprint density at radius 3 is 2.27 bits per heavy atom. The van der Waals surface area contributed by atoms with Gasteiger partial charge in [-0.3, -0.25) is 0 Å². The highest BCUT2D eigenvalue weighted by atomic mass is 16.5. The molecule has 2 heteroatoms. The molecule has 0 aromatic heterocycles. The molecular formula is C13H24O2. The summed E-state index contributed by atoms with van der Waals surface area (Å²) < 4.78 is 10.5. The molecule has 15 heavy (non-hydrogen) atoms. The number of hydrogen-bond acceptors (Lipinski definition) is 2. The van der Waals surface area contributed by atoms with Gasteiger partial charge in [0.05, 0.1) is 6.61 Å². The van der Waals surface area contributed by atoms with E-state index in [1.54, 1.807) is 19.3 Å². The van der Waals surface area contributed by atoms with Crippen LogP contribution in [0.5, 0.6) is 0 Å². The van der Waals surface area contributed by atoms with Crippen LogP contribution >= 0.6 is 0 Å². The first kappa shape index (κ1) is 16.6. The number of rotatable bonds is 7. The smallest absolute Gasteiger partial charge is 0.105 e. The molecule has 0 radical (unpaired) electrons. The van der Waals surface area contributed by atoms with Gasteiger partial charge >= 0.3 is 0 Å².